The van der Waals surface area contributed by atoms with E-state index in [1.807, 2.05) is 32.9 Å². The lowest BCUT2D eigenvalue weighted by atomic mass is 10.1. The van der Waals surface area contributed by atoms with Gasteiger partial charge in [-0.2, -0.15) is 45.7 Å². The van der Waals surface area contributed by atoms with E-state index in [-0.39, 0.29) is 39.3 Å². The molecule has 0 spiro atoms. The van der Waals surface area contributed by atoms with E-state index in [4.69, 9.17) is 36.9 Å². The first kappa shape index (κ1) is 74.2. The Bertz CT molecular complexity index is 4860. The maximum absolute atomic E-state index is 13.3. The Morgan fingerprint density at radius 1 is 0.626 bits per heavy atom. The highest BCUT2D eigenvalue weighted by molar-refractivity contribution is 14.3. The van der Waals surface area contributed by atoms with E-state index in [1.54, 1.807) is 43.3 Å². The van der Waals surface area contributed by atoms with Crippen LogP contribution in [0, 0.1) is 27.7 Å². The van der Waals surface area contributed by atoms with Crippen LogP contribution in [0.1, 0.15) is 32.6 Å². The first-order chi connectivity index (χ1) is 42.3. The SMILES string of the molecule is COc1cc(C)c(C)cc1NN=c1c(C(=O)O)cc(=O)c(=NNc2cc(C)c(S(I)(I)CCOS(=O)(=O)O)cc2OC)c1=O.Cc1ccc(N=Nc2ccc3cc(S(=O)(=O)O)c(N=Nc4ccc(S(=O)(=O)CCOS(=O)(=O)O)cc4)c(N)c3c2O)cc1.O=S(=O)=O. The second-order valence-electron chi connectivity index (χ2n) is 18.3. The molecule has 0 saturated heterocycles. The minimum atomic E-state index is -4.88. The van der Waals surface area contributed by atoms with Gasteiger partial charge in [0.2, 0.25) is 10.9 Å². The van der Waals surface area contributed by atoms with Crippen molar-refractivity contribution in [3.63, 3.8) is 0 Å². The summed E-state index contributed by atoms with van der Waals surface area (Å²) >= 11 is 4.39. The van der Waals surface area contributed by atoms with E-state index in [2.05, 4.69) is 92.3 Å². The zero-order chi connectivity index (χ0) is 68.1. The third kappa shape index (κ3) is 21.0. The highest BCUT2D eigenvalue weighted by Gasteiger charge is 2.27. The van der Waals surface area contributed by atoms with Crippen LogP contribution >= 0.6 is 46.8 Å². The van der Waals surface area contributed by atoms with Gasteiger partial charge in [-0.25, -0.2) is 21.6 Å². The summed E-state index contributed by atoms with van der Waals surface area (Å²) in [6, 6.07) is 23.3. The van der Waals surface area contributed by atoms with Crippen LogP contribution < -0.4 is 47.6 Å². The van der Waals surface area contributed by atoms with Gasteiger partial charge in [0, 0.05) is 16.7 Å². The number of sulfone groups is 1. The maximum atomic E-state index is 13.3. The molecule has 0 heterocycles. The number of rotatable bonds is 22. The van der Waals surface area contributed by atoms with Crippen molar-refractivity contribution in [2.45, 2.75) is 42.4 Å². The fourth-order valence-electron chi connectivity index (χ4n) is 7.63. The van der Waals surface area contributed by atoms with E-state index in [0.29, 0.717) is 34.3 Å². The van der Waals surface area contributed by atoms with E-state index < -0.39 is 118 Å². The Labute approximate surface area is 544 Å². The van der Waals surface area contributed by atoms with Gasteiger partial charge in [-0.1, -0.05) is 23.8 Å². The molecular formula is C51H51I2N9O23S6. The number of nitrogen functional groups attached to an aromatic ring is 1. The van der Waals surface area contributed by atoms with Crippen LogP contribution in [0.4, 0.5) is 39.8 Å². The number of nitrogens with two attached hydrogens (primary N) is 1. The van der Waals surface area contributed by atoms with Gasteiger partial charge in [0.1, 0.15) is 33.1 Å². The minimum Gasteiger partial charge on any atom is -0.505 e. The number of methoxy groups -OCH3 is 2. The van der Waals surface area contributed by atoms with E-state index in [9.17, 15) is 62.8 Å². The van der Waals surface area contributed by atoms with Gasteiger partial charge in [0.05, 0.1) is 77.5 Å². The highest BCUT2D eigenvalue weighted by Crippen LogP contribution is 2.71. The largest absolute Gasteiger partial charge is 0.505 e. The number of carbonyl (C=O) groups is 1. The number of halogens is 2. The summed E-state index contributed by atoms with van der Waals surface area (Å²) in [7, 11) is -18.5. The normalized spacial score (nSPS) is 12.7. The number of phenolic OH excluding ortho intramolecular Hbond substituents is 1. The molecule has 32 nitrogen and oxygen atoms in total. The molecule has 0 saturated carbocycles. The summed E-state index contributed by atoms with van der Waals surface area (Å²) in [6.45, 7) is 6.40. The summed E-state index contributed by atoms with van der Waals surface area (Å²) in [6.07, 6.45) is 0. The Hall–Kier alpha value is -7.50. The average Bonchev–Trinajstić information content (AvgIpc) is 0.782. The number of carboxylic acids is 1. The van der Waals surface area contributed by atoms with Crippen molar-refractivity contribution in [3.05, 3.63) is 156 Å². The molecule has 0 radical (unpaired) electrons. The third-order valence-electron chi connectivity index (χ3n) is 12.1. The lowest BCUT2D eigenvalue weighted by molar-refractivity contribution is 0.0694. The quantitative estimate of drug-likeness (QED) is 0.0107. The van der Waals surface area contributed by atoms with Crippen LogP contribution in [0.3, 0.4) is 0 Å². The highest BCUT2D eigenvalue weighted by atomic mass is 127. The third-order valence-corrected chi connectivity index (χ3v) is 22.8. The number of ether oxygens (including phenoxy) is 2. The van der Waals surface area contributed by atoms with Crippen molar-refractivity contribution in [2.24, 2.45) is 30.7 Å². The predicted octanol–water partition coefficient (Wildman–Crippen LogP) is 7.56. The molecule has 0 atom stereocenters. The molecule has 7 aromatic carbocycles. The number of azo groups is 2. The Morgan fingerprint density at radius 2 is 1.12 bits per heavy atom. The maximum Gasteiger partial charge on any atom is 0.425 e. The number of aromatic carboxylic acids is 1. The first-order valence-corrected chi connectivity index (χ1v) is 38.5. The van der Waals surface area contributed by atoms with Crippen LogP contribution in [0.5, 0.6) is 17.2 Å². The molecule has 9 N–H and O–H groups in total. The number of nitrogens with zero attached hydrogens (tertiary/aromatic N) is 6. The molecule has 0 fully saturated rings. The Morgan fingerprint density at radius 3 is 1.65 bits per heavy atom. The standard InChI is InChI=1S/C26H28I2N4O10S2.C25H23N5O10S3.O3S/c1-13-8-17(20(40-4)10-14(13)2)29-31-23-16(26(35)36)11-19(33)24(25(23)34)32-30-18-9-15(3)22(12-21(18)41-5)43(27,28)7-6-42-44(37,38)39;1-15-2-5-17(6-3-15)27-29-20-11-4-16-14-21(42(34,35)36)24(23(26)22(16)25(20)31)30-28-18-7-9-19(10-8-18)41(32,33)13-12-40-43(37,38)39;1-4(2)3/h8-12,29-30H,6-7H2,1-5H3,(H,35,36)(H,37,38,39);2-11,14,31H,12-13,26H2,1H3,(H,34,35,36)(H,37,38,39);. The van der Waals surface area contributed by atoms with Crippen molar-refractivity contribution in [2.75, 3.05) is 55.5 Å². The van der Waals surface area contributed by atoms with Crippen molar-refractivity contribution in [3.8, 4) is 17.2 Å². The van der Waals surface area contributed by atoms with Crippen LogP contribution in [-0.4, -0.2) is 115 Å². The molecule has 7 rings (SSSR count). The number of benzene rings is 7. The van der Waals surface area contributed by atoms with Gasteiger partial charge < -0.3 is 25.4 Å². The van der Waals surface area contributed by atoms with Gasteiger partial charge in [0.15, 0.2) is 20.9 Å². The van der Waals surface area contributed by atoms with Crippen LogP contribution in [0.2, 0.25) is 0 Å². The van der Waals surface area contributed by atoms with E-state index in [1.165, 1.54) is 38.5 Å². The first-order valence-electron chi connectivity index (χ1n) is 24.8. The fourth-order valence-corrected chi connectivity index (χ4v) is 15.4. The van der Waals surface area contributed by atoms with Gasteiger partial charge in [-0.3, -0.25) is 34.1 Å². The minimum absolute atomic E-state index is 0.0149. The molecule has 0 unspecified atom stereocenters. The zero-order valence-corrected chi connectivity index (χ0v) is 56.8. The van der Waals surface area contributed by atoms with E-state index >= 15 is 0 Å². The summed E-state index contributed by atoms with van der Waals surface area (Å²) in [5, 5.41) is 43.5. The average molecular weight is 1600 g/mol. The second kappa shape index (κ2) is 31.2. The molecule has 0 aliphatic heterocycles. The smallest absolute Gasteiger partial charge is 0.425 e. The number of hydrogen-bond donors (Lipinski definition) is 8. The Kier molecular flexibility index (Phi) is 25.5. The molecule has 7 aromatic rings. The van der Waals surface area contributed by atoms with Crippen LogP contribution in [0.25, 0.3) is 10.8 Å². The predicted molar refractivity (Wildman–Crippen MR) is 348 cm³/mol. The molecular weight excluding hydrogens is 1550 g/mol. The van der Waals surface area contributed by atoms with Crippen molar-refractivity contribution in [1.82, 2.24) is 0 Å². The molecule has 40 heteroatoms. The van der Waals surface area contributed by atoms with Gasteiger partial charge >= 0.3 is 37.4 Å². The number of aromatic hydroxyl groups is 1. The van der Waals surface area contributed by atoms with Crippen LogP contribution in [-0.2, 0) is 59.7 Å². The second-order valence-corrected chi connectivity index (χ2v) is 40.5. The zero-order valence-electron chi connectivity index (χ0n) is 47.6. The summed E-state index contributed by atoms with van der Waals surface area (Å²) in [4.78, 5) is 37.9. The number of aryl methyl sites for hydroxylation is 4. The topological polar surface area (TPSA) is 501 Å². The number of phenols is 1. The van der Waals surface area contributed by atoms with Crippen molar-refractivity contribution in [1.29, 1.82) is 0 Å². The number of fused-ring (bicyclic) bond motifs is 1. The lowest BCUT2D eigenvalue weighted by Gasteiger charge is -2.29. The molecule has 0 bridgehead atoms. The van der Waals surface area contributed by atoms with Crippen molar-refractivity contribution >= 4 is 155 Å². The van der Waals surface area contributed by atoms with E-state index in [0.717, 1.165) is 51.4 Å². The molecule has 0 aliphatic carbocycles. The van der Waals surface area contributed by atoms with Gasteiger partial charge in [-0.15, -0.1) is 27.2 Å². The number of anilines is 3. The summed E-state index contributed by atoms with van der Waals surface area (Å²) < 4.78 is 163. The summed E-state index contributed by atoms with van der Waals surface area (Å²) in [5.74, 6) is -1.71. The molecule has 0 aliphatic rings. The van der Waals surface area contributed by atoms with Gasteiger partial charge in [-0.05, 0) is 165 Å². The molecule has 0 aromatic heterocycles. The van der Waals surface area contributed by atoms with Crippen molar-refractivity contribution < 1.29 is 92.8 Å². The monoisotopic (exact) mass is 1600 g/mol. The Balaban J connectivity index is 0.000000312. The number of hydrogen-bond acceptors (Lipinski definition) is 28. The van der Waals surface area contributed by atoms with Gasteiger partial charge in [0.25, 0.3) is 10.1 Å². The molecule has 488 valence electrons. The molecule has 91 heavy (non-hydrogen) atoms. The molecule has 0 amide bonds. The van der Waals surface area contributed by atoms with Crippen LogP contribution in [0.15, 0.2) is 152 Å². The summed E-state index contributed by atoms with van der Waals surface area (Å²) in [5.41, 5.74) is 13.0. The number of carboxylic acid groups (broad SMARTS) is 1. The fraction of sp³-hybridized carbons (Fsp3) is 0.196. The number of nitrogens with one attached hydrogen (secondary N) is 2. The lowest BCUT2D eigenvalue weighted by Crippen LogP contribution is -2.50.